The number of hydrogen-bond acceptors (Lipinski definition) is 7. The van der Waals surface area contributed by atoms with Crippen molar-refractivity contribution in [3.8, 4) is 0 Å². The summed E-state index contributed by atoms with van der Waals surface area (Å²) in [6.07, 6.45) is -3.53. The molecule has 24 heavy (non-hydrogen) atoms. The Morgan fingerprint density at radius 2 is 2.12 bits per heavy atom. The Bertz CT molecular complexity index is 705. The van der Waals surface area contributed by atoms with E-state index in [1.807, 2.05) is 0 Å². The molecule has 130 valence electrons. The van der Waals surface area contributed by atoms with Crippen molar-refractivity contribution in [2.45, 2.75) is 43.5 Å². The molecule has 0 saturated heterocycles. The highest BCUT2D eigenvalue weighted by Crippen LogP contribution is 2.29. The van der Waals surface area contributed by atoms with Crippen LogP contribution in [-0.4, -0.2) is 27.0 Å². The van der Waals surface area contributed by atoms with Crippen molar-refractivity contribution in [1.29, 1.82) is 0 Å². The molecule has 2 rings (SSSR count). The van der Waals surface area contributed by atoms with Crippen LogP contribution in [0.2, 0.25) is 0 Å². The summed E-state index contributed by atoms with van der Waals surface area (Å²) >= 11 is 2.35. The molecule has 0 aliphatic carbocycles. The fourth-order valence-electron chi connectivity index (χ4n) is 1.63. The van der Waals surface area contributed by atoms with E-state index in [-0.39, 0.29) is 23.7 Å². The number of carbonyl (C=O) groups excluding carboxylic acids is 1. The minimum atomic E-state index is -4.50. The summed E-state index contributed by atoms with van der Waals surface area (Å²) in [5.74, 6) is -0.0448. The molecule has 0 aromatic carbocycles. The monoisotopic (exact) mass is 377 g/mol. The molecule has 0 fully saturated rings. The van der Waals surface area contributed by atoms with E-state index in [1.165, 1.54) is 11.3 Å². The zero-order valence-electron chi connectivity index (χ0n) is 12.8. The van der Waals surface area contributed by atoms with Crippen molar-refractivity contribution in [2.75, 3.05) is 0 Å². The van der Waals surface area contributed by atoms with Gasteiger partial charge in [-0.1, -0.05) is 11.8 Å². The molecule has 2 heterocycles. The third-order valence-electron chi connectivity index (χ3n) is 2.54. The standard InChI is InChI=1S/C14H14F3N3O2S2/c1-8(2)22-12(21)5-11-19-9(6-23-11)7-24-13-18-4-3-10(20-13)14(15,16)17/h3-4,6,8H,5,7H2,1-2H3. The molecule has 0 aliphatic rings. The first-order valence-electron chi connectivity index (χ1n) is 6.90. The van der Waals surface area contributed by atoms with Crippen LogP contribution in [0.15, 0.2) is 22.8 Å². The van der Waals surface area contributed by atoms with Crippen molar-refractivity contribution in [2.24, 2.45) is 0 Å². The molecule has 0 unspecified atom stereocenters. The van der Waals surface area contributed by atoms with Crippen LogP contribution in [0.25, 0.3) is 0 Å². The van der Waals surface area contributed by atoms with Crippen LogP contribution in [0.4, 0.5) is 13.2 Å². The Hall–Kier alpha value is -1.68. The number of alkyl halides is 3. The predicted molar refractivity (Wildman–Crippen MR) is 83.6 cm³/mol. The molecule has 2 aromatic heterocycles. The number of thiazole rings is 1. The minimum absolute atomic E-state index is 0.0265. The highest BCUT2D eigenvalue weighted by Gasteiger charge is 2.32. The van der Waals surface area contributed by atoms with Gasteiger partial charge in [-0.25, -0.2) is 15.0 Å². The first kappa shape index (κ1) is 18.7. The molecule has 0 bridgehead atoms. The molecule has 0 saturated carbocycles. The van der Waals surface area contributed by atoms with Crippen LogP contribution in [0, 0.1) is 0 Å². The Labute approximate surface area is 144 Å². The van der Waals surface area contributed by atoms with Crippen LogP contribution in [0.5, 0.6) is 0 Å². The maximum atomic E-state index is 12.6. The zero-order valence-corrected chi connectivity index (χ0v) is 14.5. The van der Waals surface area contributed by atoms with Crippen LogP contribution >= 0.6 is 23.1 Å². The number of nitrogens with zero attached hydrogens (tertiary/aromatic N) is 3. The van der Waals surface area contributed by atoms with Gasteiger partial charge in [0.05, 0.1) is 18.2 Å². The van der Waals surface area contributed by atoms with E-state index in [9.17, 15) is 18.0 Å². The zero-order chi connectivity index (χ0) is 17.7. The van der Waals surface area contributed by atoms with E-state index in [4.69, 9.17) is 4.74 Å². The van der Waals surface area contributed by atoms with Gasteiger partial charge in [-0.2, -0.15) is 13.2 Å². The molecule has 0 N–H and O–H groups in total. The average Bonchev–Trinajstić information content (AvgIpc) is 2.91. The number of rotatable bonds is 6. The van der Waals surface area contributed by atoms with Gasteiger partial charge < -0.3 is 4.74 Å². The van der Waals surface area contributed by atoms with E-state index < -0.39 is 11.9 Å². The minimum Gasteiger partial charge on any atom is -0.463 e. The van der Waals surface area contributed by atoms with Gasteiger partial charge in [0.15, 0.2) is 5.16 Å². The van der Waals surface area contributed by atoms with Gasteiger partial charge in [-0.05, 0) is 19.9 Å². The Morgan fingerprint density at radius 1 is 1.38 bits per heavy atom. The lowest BCUT2D eigenvalue weighted by atomic mass is 10.4. The van der Waals surface area contributed by atoms with Gasteiger partial charge in [-0.3, -0.25) is 4.79 Å². The Morgan fingerprint density at radius 3 is 2.79 bits per heavy atom. The highest BCUT2D eigenvalue weighted by molar-refractivity contribution is 7.98. The summed E-state index contributed by atoms with van der Waals surface area (Å²) < 4.78 is 42.8. The molecule has 10 heteroatoms. The fraction of sp³-hybridized carbons (Fsp3) is 0.429. The summed E-state index contributed by atoms with van der Waals surface area (Å²) in [7, 11) is 0. The number of ether oxygens (including phenoxy) is 1. The average molecular weight is 377 g/mol. The third kappa shape index (κ3) is 5.75. The van der Waals surface area contributed by atoms with E-state index in [0.29, 0.717) is 16.5 Å². The maximum Gasteiger partial charge on any atom is 0.433 e. The number of esters is 1. The Balaban J connectivity index is 1.93. The van der Waals surface area contributed by atoms with Crippen LogP contribution in [0.1, 0.15) is 30.2 Å². The molecule has 0 spiro atoms. The first-order chi connectivity index (χ1) is 11.2. The predicted octanol–water partition coefficient (Wildman–Crippen LogP) is 3.74. The van der Waals surface area contributed by atoms with Crippen molar-refractivity contribution in [1.82, 2.24) is 15.0 Å². The van der Waals surface area contributed by atoms with Crippen LogP contribution < -0.4 is 0 Å². The van der Waals surface area contributed by atoms with Crippen molar-refractivity contribution >= 4 is 29.1 Å². The molecule has 5 nitrogen and oxygen atoms in total. The summed E-state index contributed by atoms with van der Waals surface area (Å²) in [6.45, 7) is 3.52. The SMILES string of the molecule is CC(C)OC(=O)Cc1nc(CSc2nccc(C(F)(F)F)n2)cs1. The van der Waals surface area contributed by atoms with Crippen molar-refractivity contribution < 1.29 is 22.7 Å². The number of carbonyl (C=O) groups is 1. The second-order valence-electron chi connectivity index (χ2n) is 4.96. The van der Waals surface area contributed by atoms with Gasteiger partial charge in [0.1, 0.15) is 10.7 Å². The van der Waals surface area contributed by atoms with Gasteiger partial charge in [0, 0.05) is 17.3 Å². The summed E-state index contributed by atoms with van der Waals surface area (Å²) in [5.41, 5.74) is -0.325. The topological polar surface area (TPSA) is 65.0 Å². The largest absolute Gasteiger partial charge is 0.463 e. The number of thioether (sulfide) groups is 1. The molecule has 0 radical (unpaired) electrons. The first-order valence-corrected chi connectivity index (χ1v) is 8.76. The van der Waals surface area contributed by atoms with E-state index >= 15 is 0 Å². The maximum absolute atomic E-state index is 12.6. The van der Waals surface area contributed by atoms with Crippen molar-refractivity contribution in [3.63, 3.8) is 0 Å². The van der Waals surface area contributed by atoms with Gasteiger partial charge in [0.2, 0.25) is 0 Å². The smallest absolute Gasteiger partial charge is 0.433 e. The summed E-state index contributed by atoms with van der Waals surface area (Å²) in [6, 6.07) is 0.825. The van der Waals surface area contributed by atoms with Gasteiger partial charge >= 0.3 is 12.1 Å². The van der Waals surface area contributed by atoms with E-state index in [2.05, 4.69) is 15.0 Å². The van der Waals surface area contributed by atoms with Gasteiger partial charge in [-0.15, -0.1) is 11.3 Å². The van der Waals surface area contributed by atoms with Crippen LogP contribution in [0.3, 0.4) is 0 Å². The van der Waals surface area contributed by atoms with Crippen molar-refractivity contribution in [3.05, 3.63) is 34.0 Å². The molecular weight excluding hydrogens is 363 g/mol. The molecular formula is C14H14F3N3O2S2. The fourth-order valence-corrected chi connectivity index (χ4v) is 3.24. The third-order valence-corrected chi connectivity index (χ3v) is 4.33. The van der Waals surface area contributed by atoms with Gasteiger partial charge in [0.25, 0.3) is 0 Å². The number of halogens is 3. The lowest BCUT2D eigenvalue weighted by Crippen LogP contribution is -2.13. The normalized spacial score (nSPS) is 11.8. The molecule has 0 atom stereocenters. The lowest BCUT2D eigenvalue weighted by Gasteiger charge is -2.06. The molecule has 2 aromatic rings. The summed E-state index contributed by atoms with van der Waals surface area (Å²) in [5, 5.41) is 2.37. The van der Waals surface area contributed by atoms with E-state index in [0.717, 1.165) is 24.0 Å². The van der Waals surface area contributed by atoms with E-state index in [1.54, 1.807) is 19.2 Å². The Kier molecular flexibility index (Phi) is 6.16. The lowest BCUT2D eigenvalue weighted by molar-refractivity contribution is -0.146. The second kappa shape index (κ2) is 7.93. The second-order valence-corrected chi connectivity index (χ2v) is 6.84. The quantitative estimate of drug-likeness (QED) is 0.434. The molecule has 0 amide bonds. The summed E-state index contributed by atoms with van der Waals surface area (Å²) in [4.78, 5) is 23.1. The molecule has 0 aliphatic heterocycles. The highest BCUT2D eigenvalue weighted by atomic mass is 32.2. The van der Waals surface area contributed by atoms with Crippen LogP contribution in [-0.2, 0) is 27.9 Å². The number of hydrogen-bond donors (Lipinski definition) is 0. The number of aromatic nitrogens is 3.